The third kappa shape index (κ3) is 6.30. The van der Waals surface area contributed by atoms with E-state index in [0.717, 1.165) is 22.3 Å². The average Bonchev–Trinajstić information content (AvgIpc) is 3.16. The van der Waals surface area contributed by atoms with Gasteiger partial charge in [-0.3, -0.25) is 0 Å². The first-order valence-corrected chi connectivity index (χ1v) is 13.0. The maximum absolute atomic E-state index is 12.6. The minimum atomic E-state index is -1.20. The van der Waals surface area contributed by atoms with E-state index >= 15 is 0 Å². The predicted octanol–water partition coefficient (Wildman–Crippen LogP) is 5.78. The number of halogens is 1. The Labute approximate surface area is 229 Å². The molecule has 3 aromatic rings. The van der Waals surface area contributed by atoms with Gasteiger partial charge in [-0.05, 0) is 83.3 Å². The fraction of sp³-hybridized carbons (Fsp3) is 0.276. The maximum Gasteiger partial charge on any atom is 0.407 e. The molecule has 0 bridgehead atoms. The highest BCUT2D eigenvalue weighted by Gasteiger charge is 2.30. The van der Waals surface area contributed by atoms with Crippen LogP contribution in [0.1, 0.15) is 53.7 Å². The summed E-state index contributed by atoms with van der Waals surface area (Å²) in [4.78, 5) is 36.9. The van der Waals surface area contributed by atoms with Crippen molar-refractivity contribution < 1.29 is 29.0 Å². The number of fused-ring (bicyclic) bond motifs is 3. The van der Waals surface area contributed by atoms with Gasteiger partial charge in [0.05, 0.1) is 5.56 Å². The molecular weight excluding hydrogens is 585 g/mol. The lowest BCUT2D eigenvalue weighted by atomic mass is 9.98. The van der Waals surface area contributed by atoms with Crippen LogP contribution in [0.25, 0.3) is 11.1 Å². The second kappa shape index (κ2) is 10.9. The molecule has 1 amide bonds. The molecule has 1 atom stereocenters. The minimum absolute atomic E-state index is 0.0341. The van der Waals surface area contributed by atoms with Gasteiger partial charge >= 0.3 is 18.0 Å². The molecule has 8 heteroatoms. The van der Waals surface area contributed by atoms with Crippen molar-refractivity contribution in [3.63, 3.8) is 0 Å². The molecule has 0 spiro atoms. The van der Waals surface area contributed by atoms with Gasteiger partial charge in [0.25, 0.3) is 0 Å². The smallest absolute Gasteiger partial charge is 0.407 e. The van der Waals surface area contributed by atoms with Gasteiger partial charge in [0.15, 0.2) is 0 Å². The summed E-state index contributed by atoms with van der Waals surface area (Å²) >= 11 is 2.05. The molecule has 37 heavy (non-hydrogen) atoms. The van der Waals surface area contributed by atoms with Gasteiger partial charge in [0.1, 0.15) is 18.2 Å². The average molecular weight is 613 g/mol. The highest BCUT2D eigenvalue weighted by atomic mass is 127. The van der Waals surface area contributed by atoms with Crippen LogP contribution in [-0.4, -0.2) is 41.4 Å². The lowest BCUT2D eigenvalue weighted by Crippen LogP contribution is -2.43. The molecule has 0 radical (unpaired) electrons. The first-order chi connectivity index (χ1) is 17.5. The van der Waals surface area contributed by atoms with E-state index in [-0.39, 0.29) is 18.9 Å². The second-order valence-electron chi connectivity index (χ2n) is 9.87. The molecule has 7 nitrogen and oxygen atoms in total. The Hall–Kier alpha value is -3.40. The zero-order chi connectivity index (χ0) is 26.7. The van der Waals surface area contributed by atoms with Crippen LogP contribution in [0.4, 0.5) is 4.79 Å². The molecule has 192 valence electrons. The second-order valence-corrected chi connectivity index (χ2v) is 11.0. The lowest BCUT2D eigenvalue weighted by molar-refractivity contribution is -0.139. The maximum atomic E-state index is 12.6. The van der Waals surface area contributed by atoms with Crippen LogP contribution >= 0.6 is 22.6 Å². The SMILES string of the molecule is CC(C)(C)OC(=O)c1ccc(C[C@H](NC(=O)OCC2c3ccccc3-c3ccccc32)C(=O)O)c(I)c1. The van der Waals surface area contributed by atoms with Crippen molar-refractivity contribution in [2.75, 3.05) is 6.61 Å². The number of amides is 1. The number of aliphatic carboxylic acids is 1. The molecule has 2 N–H and O–H groups in total. The summed E-state index contributed by atoms with van der Waals surface area (Å²) in [7, 11) is 0. The molecule has 1 aliphatic rings. The number of hydrogen-bond acceptors (Lipinski definition) is 5. The van der Waals surface area contributed by atoms with Crippen LogP contribution in [0.2, 0.25) is 0 Å². The third-order valence-corrected chi connectivity index (χ3v) is 7.05. The van der Waals surface area contributed by atoms with Crippen LogP contribution in [0, 0.1) is 3.57 Å². The Morgan fingerprint density at radius 3 is 2.11 bits per heavy atom. The largest absolute Gasteiger partial charge is 0.480 e. The molecular formula is C29H28INO6. The Bertz CT molecular complexity index is 1300. The van der Waals surface area contributed by atoms with Gasteiger partial charge < -0.3 is 19.9 Å². The van der Waals surface area contributed by atoms with Crippen LogP contribution in [0.15, 0.2) is 66.7 Å². The zero-order valence-corrected chi connectivity index (χ0v) is 22.9. The van der Waals surface area contributed by atoms with Crippen molar-refractivity contribution in [1.82, 2.24) is 5.32 Å². The number of carbonyl (C=O) groups excluding carboxylic acids is 2. The van der Waals surface area contributed by atoms with E-state index < -0.39 is 29.7 Å². The first kappa shape index (κ1) is 26.7. The molecule has 0 unspecified atom stereocenters. The summed E-state index contributed by atoms with van der Waals surface area (Å²) in [5, 5.41) is 12.2. The number of carboxylic acids is 1. The molecule has 1 aliphatic carbocycles. The summed E-state index contributed by atoms with van der Waals surface area (Å²) < 4.78 is 11.6. The van der Waals surface area contributed by atoms with Crippen molar-refractivity contribution >= 4 is 40.6 Å². The number of carbonyl (C=O) groups is 3. The molecule has 0 fully saturated rings. The number of esters is 1. The normalized spacial score (nSPS) is 13.3. The van der Waals surface area contributed by atoms with E-state index in [1.165, 1.54) is 0 Å². The van der Waals surface area contributed by atoms with E-state index in [1.807, 2.05) is 71.1 Å². The minimum Gasteiger partial charge on any atom is -0.480 e. The van der Waals surface area contributed by atoms with Gasteiger partial charge in [-0.1, -0.05) is 54.6 Å². The number of benzene rings is 3. The number of alkyl carbamates (subject to hydrolysis) is 1. The van der Waals surface area contributed by atoms with Crippen molar-refractivity contribution in [2.45, 2.75) is 44.8 Å². The summed E-state index contributed by atoms with van der Waals surface area (Å²) in [6, 6.07) is 19.7. The topological polar surface area (TPSA) is 102 Å². The number of carboxylic acid groups (broad SMARTS) is 1. The Kier molecular flexibility index (Phi) is 7.87. The lowest BCUT2D eigenvalue weighted by Gasteiger charge is -2.20. The van der Waals surface area contributed by atoms with E-state index in [2.05, 4.69) is 5.32 Å². The monoisotopic (exact) mass is 613 g/mol. The van der Waals surface area contributed by atoms with Gasteiger partial charge in [0, 0.05) is 15.9 Å². The van der Waals surface area contributed by atoms with Gasteiger partial charge in [-0.15, -0.1) is 0 Å². The molecule has 3 aromatic carbocycles. The molecule has 0 aliphatic heterocycles. The summed E-state index contributed by atoms with van der Waals surface area (Å²) in [5.41, 5.74) is 4.80. The summed E-state index contributed by atoms with van der Waals surface area (Å²) in [6.07, 6.45) is -0.762. The van der Waals surface area contributed by atoms with Crippen molar-refractivity contribution in [2.24, 2.45) is 0 Å². The first-order valence-electron chi connectivity index (χ1n) is 11.9. The van der Waals surface area contributed by atoms with Gasteiger partial charge in [0.2, 0.25) is 0 Å². The van der Waals surface area contributed by atoms with Crippen molar-refractivity contribution in [3.8, 4) is 11.1 Å². The van der Waals surface area contributed by atoms with Crippen LogP contribution < -0.4 is 5.32 Å². The Morgan fingerprint density at radius 1 is 0.973 bits per heavy atom. The fourth-order valence-electron chi connectivity index (χ4n) is 4.38. The quantitative estimate of drug-likeness (QED) is 0.259. The van der Waals surface area contributed by atoms with E-state index in [9.17, 15) is 19.5 Å². The van der Waals surface area contributed by atoms with Gasteiger partial charge in [-0.25, -0.2) is 14.4 Å². The van der Waals surface area contributed by atoms with Crippen molar-refractivity contribution in [3.05, 3.63) is 92.6 Å². The molecule has 0 heterocycles. The van der Waals surface area contributed by atoms with E-state index in [4.69, 9.17) is 9.47 Å². The highest BCUT2D eigenvalue weighted by Crippen LogP contribution is 2.44. The standard InChI is InChI=1S/C29H28INO6/c1-29(2,3)37-27(34)18-13-12-17(24(30)14-18)15-25(26(32)33)31-28(35)36-16-23-21-10-6-4-8-19(21)20-9-5-7-11-22(20)23/h4-14,23,25H,15-16H2,1-3H3,(H,31,35)(H,32,33)/t25-/m0/s1. The number of hydrogen-bond donors (Lipinski definition) is 2. The number of nitrogens with one attached hydrogen (secondary N) is 1. The summed E-state index contributed by atoms with van der Waals surface area (Å²) in [5.74, 6) is -1.76. The van der Waals surface area contributed by atoms with E-state index in [1.54, 1.807) is 39.0 Å². The predicted molar refractivity (Wildman–Crippen MR) is 148 cm³/mol. The highest BCUT2D eigenvalue weighted by molar-refractivity contribution is 14.1. The third-order valence-electron chi connectivity index (χ3n) is 6.05. The Morgan fingerprint density at radius 2 is 1.57 bits per heavy atom. The van der Waals surface area contributed by atoms with Crippen LogP contribution in [0.3, 0.4) is 0 Å². The fourth-order valence-corrected chi connectivity index (χ4v) is 5.11. The molecule has 0 saturated heterocycles. The van der Waals surface area contributed by atoms with Crippen molar-refractivity contribution in [1.29, 1.82) is 0 Å². The van der Waals surface area contributed by atoms with Crippen LogP contribution in [0.5, 0.6) is 0 Å². The number of rotatable bonds is 7. The number of ether oxygens (including phenoxy) is 2. The van der Waals surface area contributed by atoms with Gasteiger partial charge in [-0.2, -0.15) is 0 Å². The molecule has 0 aromatic heterocycles. The van der Waals surface area contributed by atoms with Crippen LogP contribution in [-0.2, 0) is 20.7 Å². The van der Waals surface area contributed by atoms with E-state index in [0.29, 0.717) is 14.7 Å². The Balaban J connectivity index is 1.41. The zero-order valence-electron chi connectivity index (χ0n) is 20.8. The molecule has 4 rings (SSSR count). The molecule has 0 saturated carbocycles. The summed E-state index contributed by atoms with van der Waals surface area (Å²) in [6.45, 7) is 5.46.